The van der Waals surface area contributed by atoms with E-state index in [9.17, 15) is 43.2 Å². The highest BCUT2D eigenvalue weighted by Gasteiger charge is 2.16. The molecular weight excluding hydrogens is 1800 g/mol. The minimum absolute atomic E-state index is 0.00921. The summed E-state index contributed by atoms with van der Waals surface area (Å²) in [7, 11) is 4.75. The van der Waals surface area contributed by atoms with Crippen molar-refractivity contribution in [2.75, 3.05) is 125 Å². The van der Waals surface area contributed by atoms with Crippen molar-refractivity contribution < 1.29 is 70.1 Å². The summed E-state index contributed by atoms with van der Waals surface area (Å²) in [5.74, 6) is 1.86. The van der Waals surface area contributed by atoms with Gasteiger partial charge in [0.15, 0.2) is 38.4 Å². The second-order valence-corrected chi connectivity index (χ2v) is 29.1. The average Bonchev–Trinajstić information content (AvgIpc) is 1.70. The van der Waals surface area contributed by atoms with Crippen LogP contribution in [0.2, 0.25) is 0 Å². The molecule has 11 aromatic heterocycles. The molecule has 18 rings (SSSR count). The van der Waals surface area contributed by atoms with Gasteiger partial charge in [-0.05, 0) is 159 Å². The highest BCUT2D eigenvalue weighted by Crippen LogP contribution is 2.32. The number of carbonyl (C=O) groups is 5. The summed E-state index contributed by atoms with van der Waals surface area (Å²) in [5.41, 5.74) is 77.9. The number of pyridine rings is 2. The summed E-state index contributed by atoms with van der Waals surface area (Å²) in [6.07, 6.45) is 8.68. The fourth-order valence-corrected chi connectivity index (χ4v) is 12.1. The molecule has 4 amide bonds. The summed E-state index contributed by atoms with van der Waals surface area (Å²) in [6.45, 7) is 6.54. The van der Waals surface area contributed by atoms with Crippen LogP contribution < -0.4 is 127 Å². The summed E-state index contributed by atoms with van der Waals surface area (Å²) < 4.78 is 51.2. The number of primary amides is 1. The molecule has 12 heterocycles. The number of fused-ring (bicyclic) bond motifs is 6. The van der Waals surface area contributed by atoms with Crippen molar-refractivity contribution in [1.82, 2.24) is 44.4 Å². The first-order valence-electron chi connectivity index (χ1n) is 38.8. The second kappa shape index (κ2) is 50.4. The van der Waals surface area contributed by atoms with E-state index in [2.05, 4.69) is 65.3 Å². The summed E-state index contributed by atoms with van der Waals surface area (Å²) in [5, 5.41) is 16.0. The predicted molar refractivity (Wildman–Crippen MR) is 519 cm³/mol. The van der Waals surface area contributed by atoms with Gasteiger partial charge in [0.1, 0.15) is 75.3 Å². The van der Waals surface area contributed by atoms with Crippen LogP contribution in [0.5, 0.6) is 17.2 Å². The minimum Gasteiger partial charge on any atom is -0.497 e. The lowest BCUT2D eigenvalue weighted by atomic mass is 10.2. The molecule has 29 N–H and O–H groups in total. The van der Waals surface area contributed by atoms with Crippen LogP contribution in [0.3, 0.4) is 0 Å². The van der Waals surface area contributed by atoms with Gasteiger partial charge in [-0.1, -0.05) is 6.07 Å². The molecule has 1 aliphatic heterocycles. The number of nitrogens with zero attached hydrogens (tertiary/aromatic N) is 9. The van der Waals surface area contributed by atoms with Crippen LogP contribution in [0.4, 0.5) is 93.6 Å². The third-order valence-electron chi connectivity index (χ3n) is 16.5. The maximum absolute atomic E-state index is 11.6. The lowest BCUT2D eigenvalue weighted by Gasteiger charge is -2.17. The van der Waals surface area contributed by atoms with Gasteiger partial charge in [0.05, 0.1) is 45.0 Å². The van der Waals surface area contributed by atoms with Gasteiger partial charge >= 0.3 is 40.7 Å². The van der Waals surface area contributed by atoms with E-state index in [1.165, 1.54) is 65.6 Å². The van der Waals surface area contributed by atoms with Gasteiger partial charge in [0.2, 0.25) is 11.9 Å². The largest absolute Gasteiger partial charge is 0.497 e. The van der Waals surface area contributed by atoms with Crippen molar-refractivity contribution in [2.45, 2.75) is 20.8 Å². The van der Waals surface area contributed by atoms with E-state index < -0.39 is 46.6 Å². The molecule has 17 aromatic rings. The van der Waals surface area contributed by atoms with Gasteiger partial charge in [-0.15, -0.1) is 34.0 Å². The van der Waals surface area contributed by atoms with Gasteiger partial charge in [0, 0.05) is 134 Å². The molecule has 0 saturated heterocycles. The smallest absolute Gasteiger partial charge is 0.411 e. The van der Waals surface area contributed by atoms with Crippen LogP contribution in [-0.4, -0.2) is 115 Å². The number of aryl methyl sites for hydroxylation is 1. The molecule has 6 aromatic carbocycles. The maximum Gasteiger partial charge on any atom is 0.411 e. The quantitative estimate of drug-likeness (QED) is 0.0276. The van der Waals surface area contributed by atoms with E-state index in [1.54, 1.807) is 173 Å². The van der Waals surface area contributed by atoms with Crippen LogP contribution in [0.1, 0.15) is 41.7 Å². The standard InChI is InChI=1S/C12H12N2O4.C11H10N2O4.C11H10N2O3.C9H8N2O2.C8H7N3S.C8H9NO2.C7H8N4.C7H9NO.C6H8N2O2S.C4H5N3OS.C4H5N3/c1-2-17-12(16)14-9-6-7-5-8(13)3-4-10(7)18-11(9)15;1-16-11(15)13-8-5-6-4-7(12)2-3-9(6)17-10(8)14;1-6(14)13-9-5-7-4-8(12)2-3-10(7)16-11(9)15;10-6-1-2-8-5(3-6)4-7(11)9(12)13-8;9-8-11-7(5-12-8)6-2-1-3-10-4-6;9-6-1-2-7-8(5-6)11-4-3-10-7;1-11-4-10-6-5(11)2-3-9-7(6)8;1-9-7-4-2-3-6(8)5-7;1-2-10-5(9)4-3-11-6(7)8-4;5-3(8)2-1-9-4(6)7-2;5-4-6-2-1-3-7-4/h3-6H,2,13H2,1H3,(H,14,16);2-5H,12H2,1H3,(H,13,15);2-5H,12H2,1H3,(H,13,14);1-4H,10-11H2;1-5H,(H2,9,11);1-2,5H,3-4,9H2;2-4H,1H3,(H2,8,9);2-5H,8H2,1H3;3H,2H2,1H3,(H2,7,8);1H,(H2,5,8)(H2,6,7);1-3H,(H2,5,6,7). The molecule has 0 saturated carbocycles. The molecule has 0 atom stereocenters. The highest BCUT2D eigenvalue weighted by atomic mass is 32.1. The Morgan fingerprint density at radius 2 is 0.940 bits per heavy atom. The van der Waals surface area contributed by atoms with E-state index in [0.717, 1.165) is 50.6 Å². The molecule has 1 aliphatic rings. The van der Waals surface area contributed by atoms with Gasteiger partial charge in [-0.3, -0.25) is 25.2 Å². The van der Waals surface area contributed by atoms with Crippen molar-refractivity contribution in [1.29, 1.82) is 0 Å². The molecule has 44 nitrogen and oxygen atoms in total. The number of hydrogen-bond acceptors (Lipinski definition) is 42. The first kappa shape index (κ1) is 101. The number of nitrogens with one attached hydrogen (secondary N) is 3. The first-order chi connectivity index (χ1) is 64.1. The molecule has 134 heavy (non-hydrogen) atoms. The number of aromatic nitrogens is 9. The van der Waals surface area contributed by atoms with Crippen molar-refractivity contribution in [3.8, 4) is 28.5 Å². The van der Waals surface area contributed by atoms with Crippen LogP contribution in [-0.2, 0) is 26.1 Å². The van der Waals surface area contributed by atoms with Crippen molar-refractivity contribution in [2.24, 2.45) is 12.8 Å². The molecule has 0 aliphatic carbocycles. The predicted octanol–water partition coefficient (Wildman–Crippen LogP) is 11.2. The molecule has 696 valence electrons. The molecular formula is C87H91N25O19S3. The van der Waals surface area contributed by atoms with E-state index in [0.29, 0.717) is 114 Å². The van der Waals surface area contributed by atoms with Crippen molar-refractivity contribution in [3.05, 3.63) is 270 Å². The minimum atomic E-state index is -0.736. The Labute approximate surface area is 771 Å². The topological polar surface area (TPSA) is 744 Å². The lowest BCUT2D eigenvalue weighted by Crippen LogP contribution is -2.18. The number of ether oxygens (including phenoxy) is 6. The van der Waals surface area contributed by atoms with E-state index in [1.807, 2.05) is 59.5 Å². The zero-order valence-electron chi connectivity index (χ0n) is 72.1. The summed E-state index contributed by atoms with van der Waals surface area (Å²) in [4.78, 5) is 131. The lowest BCUT2D eigenvalue weighted by molar-refractivity contribution is -0.114. The van der Waals surface area contributed by atoms with Gasteiger partial charge in [0.25, 0.3) is 5.91 Å². The molecule has 0 radical (unpaired) electrons. The Morgan fingerprint density at radius 3 is 1.37 bits per heavy atom. The third-order valence-corrected chi connectivity index (χ3v) is 18.5. The van der Waals surface area contributed by atoms with Crippen LogP contribution >= 0.6 is 34.0 Å². The number of anilines is 15. The number of nitrogen functional groups attached to an aromatic ring is 12. The van der Waals surface area contributed by atoms with Crippen molar-refractivity contribution >= 4 is 203 Å². The van der Waals surface area contributed by atoms with Crippen LogP contribution in [0, 0.1) is 0 Å². The second-order valence-electron chi connectivity index (χ2n) is 26.4. The number of imidazole rings is 1. The van der Waals surface area contributed by atoms with Crippen molar-refractivity contribution in [3.63, 3.8) is 0 Å². The number of rotatable bonds is 9. The number of amides is 4. The Bertz CT molecular complexity index is 7100. The Kier molecular flexibility index (Phi) is 38.1. The third kappa shape index (κ3) is 32.3. The molecule has 0 spiro atoms. The molecule has 0 unspecified atom stereocenters. The number of esters is 1. The maximum atomic E-state index is 11.6. The number of benzene rings is 6. The van der Waals surface area contributed by atoms with Gasteiger partial charge < -0.3 is 131 Å². The van der Waals surface area contributed by atoms with Crippen LogP contribution in [0.25, 0.3) is 66.2 Å². The normalized spacial score (nSPS) is 10.3. The zero-order chi connectivity index (χ0) is 97.5. The molecule has 0 fully saturated rings. The summed E-state index contributed by atoms with van der Waals surface area (Å²) >= 11 is 3.86. The average molecular weight is 1890 g/mol. The highest BCUT2D eigenvalue weighted by molar-refractivity contribution is 7.14. The monoisotopic (exact) mass is 1890 g/mol. The number of hydrogen-bond donors (Lipinski definition) is 16. The van der Waals surface area contributed by atoms with Gasteiger partial charge in [-0.2, -0.15) is 0 Å². The number of carbonyl (C=O) groups excluding carboxylic acids is 5. The Hall–Kier alpha value is -18.1. The number of methoxy groups -OCH3 is 2. The van der Waals surface area contributed by atoms with E-state index in [4.69, 9.17) is 111 Å². The fraction of sp³-hybridized carbons (Fsp3) is 0.115. The van der Waals surface area contributed by atoms with E-state index in [-0.39, 0.29) is 46.7 Å². The number of nitrogens with two attached hydrogens (primary N) is 13. The summed E-state index contributed by atoms with van der Waals surface area (Å²) in [6, 6.07) is 45.9. The Balaban J connectivity index is 0.000000183. The molecule has 47 heteroatoms. The van der Waals surface area contributed by atoms with Gasteiger partial charge in [-0.25, -0.2) is 68.4 Å². The SMILES string of the molecule is CC(=O)Nc1cc2cc(N)ccc2oc1=O.CCOC(=O)Nc1cc2cc(N)ccc2oc1=O.CCOC(=O)c1csc(N)n1.COC(=O)Nc1cc2cc(N)ccc2oc1=O.COc1cccc(N)c1.Cn1cnc2c(N)nccc21.NC(=O)c1csc(N)n1.Nc1ccc2c(c1)OCCO2.Nc1ccc2oc(=O)c(N)cc2c1.Nc1nc(-c2cccnc2)cs1.Nc1ncccn1. The first-order valence-corrected chi connectivity index (χ1v) is 41.5. The van der Waals surface area contributed by atoms with E-state index >= 15 is 0 Å². The zero-order valence-corrected chi connectivity index (χ0v) is 74.6. The Morgan fingerprint density at radius 1 is 0.463 bits per heavy atom. The van der Waals surface area contributed by atoms with Crippen LogP contribution in [0.15, 0.2) is 254 Å². The fourth-order valence-electron chi connectivity index (χ4n) is 10.5. The number of thiazole rings is 3. The molecule has 0 bridgehead atoms.